The van der Waals surface area contributed by atoms with Gasteiger partial charge in [-0.1, -0.05) is 6.07 Å². The average molecular weight is 243 g/mol. The van der Waals surface area contributed by atoms with Gasteiger partial charge in [0.15, 0.2) is 0 Å². The van der Waals surface area contributed by atoms with Gasteiger partial charge in [-0.15, -0.1) is 0 Å². The highest BCUT2D eigenvalue weighted by Gasteiger charge is 2.27. The second-order valence-corrected chi connectivity index (χ2v) is 4.09. The van der Waals surface area contributed by atoms with Crippen molar-refractivity contribution in [3.8, 4) is 0 Å². The molecule has 0 atom stereocenters. The Hall–Kier alpha value is -0.740. The molecule has 1 aromatic rings. The van der Waals surface area contributed by atoms with Crippen LogP contribution in [0.2, 0.25) is 0 Å². The number of halogens is 1. The monoisotopic (exact) mass is 242 g/mol. The number of rotatable bonds is 1. The number of hydrogen-bond acceptors (Lipinski definition) is 3. The molecule has 0 amide bonds. The normalized spacial score (nSPS) is 17.2. The van der Waals surface area contributed by atoms with Gasteiger partial charge < -0.3 is 15.7 Å². The van der Waals surface area contributed by atoms with Crippen LogP contribution in [0.3, 0.4) is 0 Å². The van der Waals surface area contributed by atoms with Crippen LogP contribution >= 0.6 is 15.9 Å². The second-order valence-electron chi connectivity index (χ2n) is 3.24. The number of para-hydroxylation sites is 1. The number of benzene rings is 1. The molecule has 1 aromatic carbocycles. The first-order chi connectivity index (χ1) is 6.18. The molecule has 1 aliphatic rings. The Morgan fingerprint density at radius 1 is 1.46 bits per heavy atom. The van der Waals surface area contributed by atoms with Crippen molar-refractivity contribution in [2.24, 2.45) is 0 Å². The number of anilines is 2. The predicted molar refractivity (Wildman–Crippen MR) is 56.8 cm³/mol. The summed E-state index contributed by atoms with van der Waals surface area (Å²) in [5.41, 5.74) is 7.57. The molecule has 3 N–H and O–H groups in total. The number of aliphatic hydroxyl groups is 1. The zero-order valence-electron chi connectivity index (χ0n) is 7.07. The molecule has 1 aliphatic heterocycles. The summed E-state index contributed by atoms with van der Waals surface area (Å²) in [5, 5.41) is 9.16. The van der Waals surface area contributed by atoms with Crippen LogP contribution in [0.1, 0.15) is 0 Å². The molecule has 3 nitrogen and oxygen atoms in total. The molecule has 0 saturated carbocycles. The number of hydrogen-bond donors (Lipinski definition) is 2. The van der Waals surface area contributed by atoms with E-state index < -0.39 is 0 Å². The molecule has 4 heteroatoms. The van der Waals surface area contributed by atoms with Crippen LogP contribution in [0, 0.1) is 0 Å². The molecule has 1 heterocycles. The lowest BCUT2D eigenvalue weighted by molar-refractivity contribution is 0.142. The van der Waals surface area contributed by atoms with Crippen molar-refractivity contribution in [2.45, 2.75) is 6.10 Å². The zero-order chi connectivity index (χ0) is 9.42. The van der Waals surface area contributed by atoms with Gasteiger partial charge in [0.2, 0.25) is 0 Å². The molecule has 1 saturated heterocycles. The van der Waals surface area contributed by atoms with Crippen LogP contribution in [-0.2, 0) is 0 Å². The maximum atomic E-state index is 9.16. The number of nitrogens with zero attached hydrogens (tertiary/aromatic N) is 1. The number of β-amino-alcohol motifs (C(OH)–C–C–N with tert-alkyl or cyclic N) is 1. The Labute approximate surface area is 85.3 Å². The van der Waals surface area contributed by atoms with Gasteiger partial charge in [-0.05, 0) is 28.1 Å². The van der Waals surface area contributed by atoms with Gasteiger partial charge >= 0.3 is 0 Å². The third kappa shape index (κ3) is 1.51. The van der Waals surface area contributed by atoms with E-state index in [1.165, 1.54) is 0 Å². The van der Waals surface area contributed by atoms with Crippen molar-refractivity contribution in [3.63, 3.8) is 0 Å². The summed E-state index contributed by atoms with van der Waals surface area (Å²) in [6, 6.07) is 5.72. The maximum Gasteiger partial charge on any atom is 0.0889 e. The van der Waals surface area contributed by atoms with E-state index in [2.05, 4.69) is 20.8 Å². The average Bonchev–Trinajstić information content (AvgIpc) is 2.00. The van der Waals surface area contributed by atoms with Crippen LogP contribution in [0.25, 0.3) is 0 Å². The Morgan fingerprint density at radius 3 is 2.69 bits per heavy atom. The second kappa shape index (κ2) is 3.20. The smallest absolute Gasteiger partial charge is 0.0889 e. The van der Waals surface area contributed by atoms with Crippen LogP contribution in [-0.4, -0.2) is 24.3 Å². The molecular weight excluding hydrogens is 232 g/mol. The summed E-state index contributed by atoms with van der Waals surface area (Å²) in [5.74, 6) is 0. The summed E-state index contributed by atoms with van der Waals surface area (Å²) in [4.78, 5) is 2.06. The maximum absolute atomic E-state index is 9.16. The minimum atomic E-state index is -0.202. The Balaban J connectivity index is 2.29. The van der Waals surface area contributed by atoms with E-state index in [0.29, 0.717) is 13.1 Å². The largest absolute Gasteiger partial charge is 0.397 e. The molecule has 13 heavy (non-hydrogen) atoms. The van der Waals surface area contributed by atoms with Gasteiger partial charge in [0.05, 0.1) is 17.5 Å². The van der Waals surface area contributed by atoms with E-state index in [0.717, 1.165) is 15.8 Å². The fourth-order valence-electron chi connectivity index (χ4n) is 1.50. The predicted octanol–water partition coefficient (Wildman–Crippen LogP) is 1.21. The Kier molecular flexibility index (Phi) is 2.17. The number of nitrogens with two attached hydrogens (primary N) is 1. The van der Waals surface area contributed by atoms with Crippen molar-refractivity contribution in [1.29, 1.82) is 0 Å². The van der Waals surface area contributed by atoms with E-state index in [1.807, 2.05) is 18.2 Å². The summed E-state index contributed by atoms with van der Waals surface area (Å²) >= 11 is 3.44. The highest BCUT2D eigenvalue weighted by Crippen LogP contribution is 2.34. The van der Waals surface area contributed by atoms with E-state index in [9.17, 15) is 0 Å². The molecule has 0 radical (unpaired) electrons. The van der Waals surface area contributed by atoms with E-state index in [1.54, 1.807) is 0 Å². The fraction of sp³-hybridized carbons (Fsp3) is 0.333. The summed E-state index contributed by atoms with van der Waals surface area (Å²) in [7, 11) is 0. The standard InChI is InChI=1S/C9H11BrN2O/c10-7-2-1-3-8(11)9(7)12-4-6(13)5-12/h1-3,6,13H,4-5,11H2. The Morgan fingerprint density at radius 2 is 2.15 bits per heavy atom. The fourth-order valence-corrected chi connectivity index (χ4v) is 2.14. The highest BCUT2D eigenvalue weighted by atomic mass is 79.9. The lowest BCUT2D eigenvalue weighted by atomic mass is 10.1. The zero-order valence-corrected chi connectivity index (χ0v) is 8.66. The number of aliphatic hydroxyl groups excluding tert-OH is 1. The first-order valence-corrected chi connectivity index (χ1v) is 4.95. The van der Waals surface area contributed by atoms with Crippen molar-refractivity contribution < 1.29 is 5.11 Å². The molecular formula is C9H11BrN2O. The topological polar surface area (TPSA) is 49.5 Å². The van der Waals surface area contributed by atoms with E-state index in [-0.39, 0.29) is 6.10 Å². The van der Waals surface area contributed by atoms with Crippen molar-refractivity contribution in [2.75, 3.05) is 23.7 Å². The molecule has 2 rings (SSSR count). The SMILES string of the molecule is Nc1cccc(Br)c1N1CC(O)C1. The van der Waals surface area contributed by atoms with Gasteiger partial charge in [0.1, 0.15) is 0 Å². The van der Waals surface area contributed by atoms with E-state index in [4.69, 9.17) is 10.8 Å². The molecule has 70 valence electrons. The quantitative estimate of drug-likeness (QED) is 0.729. The van der Waals surface area contributed by atoms with Crippen LogP contribution < -0.4 is 10.6 Å². The van der Waals surface area contributed by atoms with Gasteiger partial charge in [0, 0.05) is 17.6 Å². The van der Waals surface area contributed by atoms with Crippen LogP contribution in [0.5, 0.6) is 0 Å². The minimum absolute atomic E-state index is 0.202. The number of nitrogen functional groups attached to an aromatic ring is 1. The van der Waals surface area contributed by atoms with Crippen molar-refractivity contribution >= 4 is 27.3 Å². The molecule has 0 spiro atoms. The van der Waals surface area contributed by atoms with Gasteiger partial charge in [-0.2, -0.15) is 0 Å². The molecule has 1 fully saturated rings. The summed E-state index contributed by atoms with van der Waals surface area (Å²) in [6.45, 7) is 1.35. The van der Waals surface area contributed by atoms with Crippen LogP contribution in [0.15, 0.2) is 22.7 Å². The third-order valence-corrected chi connectivity index (χ3v) is 2.84. The molecule has 0 aromatic heterocycles. The molecule has 0 bridgehead atoms. The summed E-state index contributed by atoms with van der Waals surface area (Å²) < 4.78 is 0.986. The van der Waals surface area contributed by atoms with Gasteiger partial charge in [0.25, 0.3) is 0 Å². The first-order valence-electron chi connectivity index (χ1n) is 4.15. The third-order valence-electron chi connectivity index (χ3n) is 2.20. The van der Waals surface area contributed by atoms with Crippen LogP contribution in [0.4, 0.5) is 11.4 Å². The van der Waals surface area contributed by atoms with Crippen molar-refractivity contribution in [3.05, 3.63) is 22.7 Å². The Bertz CT molecular complexity index is 303. The van der Waals surface area contributed by atoms with Gasteiger partial charge in [-0.3, -0.25) is 0 Å². The summed E-state index contributed by atoms with van der Waals surface area (Å²) in [6.07, 6.45) is -0.202. The first kappa shape index (κ1) is 8.84. The minimum Gasteiger partial charge on any atom is -0.397 e. The highest BCUT2D eigenvalue weighted by molar-refractivity contribution is 9.10. The molecule has 0 unspecified atom stereocenters. The lowest BCUT2D eigenvalue weighted by Gasteiger charge is -2.39. The van der Waals surface area contributed by atoms with E-state index >= 15 is 0 Å². The molecule has 0 aliphatic carbocycles. The van der Waals surface area contributed by atoms with Crippen molar-refractivity contribution in [1.82, 2.24) is 0 Å². The lowest BCUT2D eigenvalue weighted by Crippen LogP contribution is -2.51. The van der Waals surface area contributed by atoms with Gasteiger partial charge in [-0.25, -0.2) is 0 Å².